The van der Waals surface area contributed by atoms with E-state index in [2.05, 4.69) is 5.32 Å². The van der Waals surface area contributed by atoms with Crippen LogP contribution in [0.3, 0.4) is 0 Å². The lowest BCUT2D eigenvalue weighted by Gasteiger charge is -2.33. The molecule has 0 spiro atoms. The highest BCUT2D eigenvalue weighted by Crippen LogP contribution is 2.33. The van der Waals surface area contributed by atoms with Gasteiger partial charge >= 0.3 is 0 Å². The molecular weight excluding hydrogens is 616 g/mol. The van der Waals surface area contributed by atoms with Crippen LogP contribution in [0, 0.1) is 0 Å². The fourth-order valence-electron chi connectivity index (χ4n) is 4.03. The number of sulfonamides is 1. The second-order valence-corrected chi connectivity index (χ2v) is 12.4. The van der Waals surface area contributed by atoms with Crippen molar-refractivity contribution >= 4 is 73.9 Å². The number of amides is 2. The fraction of sp³-hybridized carbons (Fsp3) is 0.286. The van der Waals surface area contributed by atoms with E-state index in [9.17, 15) is 18.0 Å². The predicted molar refractivity (Wildman–Crippen MR) is 162 cm³/mol. The summed E-state index contributed by atoms with van der Waals surface area (Å²) in [6.07, 6.45) is 0.991. The highest BCUT2D eigenvalue weighted by molar-refractivity contribution is 7.92. The van der Waals surface area contributed by atoms with Crippen LogP contribution in [0.25, 0.3) is 0 Å². The van der Waals surface area contributed by atoms with E-state index >= 15 is 0 Å². The Hall–Kier alpha value is -2.49. The summed E-state index contributed by atoms with van der Waals surface area (Å²) in [5.41, 5.74) is 0.645. The number of carbonyl (C=O) groups excluding carboxylic acids is 2. The molecule has 40 heavy (non-hydrogen) atoms. The molecule has 0 aliphatic heterocycles. The number of hydrogen-bond acceptors (Lipinski definition) is 4. The smallest absolute Gasteiger partial charge is 0.264 e. The SMILES string of the molecule is CCCNC(=O)C(CC)N(Cc1ccc(Cl)c(Cl)c1)C(=O)CN(c1cc(Cl)ccc1Cl)S(=O)(=O)c1ccccc1. The van der Waals surface area contributed by atoms with E-state index in [0.29, 0.717) is 23.6 Å². The molecule has 0 aliphatic rings. The van der Waals surface area contributed by atoms with Crippen molar-refractivity contribution in [3.8, 4) is 0 Å². The zero-order valence-electron chi connectivity index (χ0n) is 21.9. The fourth-order valence-corrected chi connectivity index (χ4v) is 6.23. The molecule has 0 fully saturated rings. The standard InChI is InChI=1S/C28H29Cl4N3O4S/c1-3-14-33-28(37)25(4-2)34(17-19-10-12-22(30)24(32)15-19)27(36)18-35(26-16-20(29)11-13-23(26)31)40(38,39)21-8-6-5-7-9-21/h5-13,15-16,25H,3-4,14,17-18H2,1-2H3,(H,33,37). The summed E-state index contributed by atoms with van der Waals surface area (Å²) in [7, 11) is -4.27. The summed E-state index contributed by atoms with van der Waals surface area (Å²) in [6.45, 7) is 3.46. The van der Waals surface area contributed by atoms with Crippen LogP contribution >= 0.6 is 46.4 Å². The molecule has 3 aromatic carbocycles. The van der Waals surface area contributed by atoms with Crippen molar-refractivity contribution in [1.29, 1.82) is 0 Å². The van der Waals surface area contributed by atoms with Crippen LogP contribution in [0.5, 0.6) is 0 Å². The van der Waals surface area contributed by atoms with Crippen LogP contribution in [-0.4, -0.2) is 44.3 Å². The Bertz CT molecular complexity index is 1460. The maximum Gasteiger partial charge on any atom is 0.264 e. The Labute approximate surface area is 255 Å². The van der Waals surface area contributed by atoms with Gasteiger partial charge in [0.25, 0.3) is 10.0 Å². The summed E-state index contributed by atoms with van der Waals surface area (Å²) in [6, 6.07) is 16.0. The molecule has 2 amide bonds. The van der Waals surface area contributed by atoms with Gasteiger partial charge in [0, 0.05) is 18.1 Å². The Balaban J connectivity index is 2.09. The molecule has 0 radical (unpaired) electrons. The summed E-state index contributed by atoms with van der Waals surface area (Å²) in [5.74, 6) is -0.976. The minimum atomic E-state index is -4.27. The quantitative estimate of drug-likeness (QED) is 0.234. The topological polar surface area (TPSA) is 86.8 Å². The van der Waals surface area contributed by atoms with Crippen molar-refractivity contribution in [2.75, 3.05) is 17.4 Å². The second kappa shape index (κ2) is 14.4. The average Bonchev–Trinajstić information content (AvgIpc) is 2.94. The van der Waals surface area contributed by atoms with Gasteiger partial charge in [-0.15, -0.1) is 0 Å². The van der Waals surface area contributed by atoms with Crippen molar-refractivity contribution < 1.29 is 18.0 Å². The number of benzene rings is 3. The van der Waals surface area contributed by atoms with Crippen molar-refractivity contribution in [3.63, 3.8) is 0 Å². The molecule has 0 heterocycles. The number of hydrogen-bond donors (Lipinski definition) is 1. The van der Waals surface area contributed by atoms with E-state index in [1.165, 1.54) is 35.2 Å². The van der Waals surface area contributed by atoms with Gasteiger partial charge in [-0.25, -0.2) is 8.42 Å². The van der Waals surface area contributed by atoms with Gasteiger partial charge in [-0.3, -0.25) is 13.9 Å². The third-order valence-corrected chi connectivity index (χ3v) is 9.13. The van der Waals surface area contributed by atoms with Gasteiger partial charge in [-0.05, 0) is 60.9 Å². The van der Waals surface area contributed by atoms with Crippen LogP contribution < -0.4 is 9.62 Å². The van der Waals surface area contributed by atoms with E-state index < -0.39 is 28.5 Å². The lowest BCUT2D eigenvalue weighted by atomic mass is 10.1. The summed E-state index contributed by atoms with van der Waals surface area (Å²) in [5, 5.41) is 3.78. The third kappa shape index (κ3) is 7.83. The Morgan fingerprint density at radius 2 is 1.55 bits per heavy atom. The first-order chi connectivity index (χ1) is 19.0. The highest BCUT2D eigenvalue weighted by Gasteiger charge is 2.34. The molecule has 3 aromatic rings. The number of anilines is 1. The van der Waals surface area contributed by atoms with Crippen LogP contribution in [-0.2, 0) is 26.2 Å². The molecule has 0 bridgehead atoms. The van der Waals surface area contributed by atoms with Crippen molar-refractivity contribution in [2.24, 2.45) is 0 Å². The average molecular weight is 645 g/mol. The first-order valence-corrected chi connectivity index (χ1v) is 15.5. The van der Waals surface area contributed by atoms with E-state index in [1.807, 2.05) is 6.92 Å². The van der Waals surface area contributed by atoms with Crippen molar-refractivity contribution in [1.82, 2.24) is 10.2 Å². The first kappa shape index (κ1) is 32.0. The number of nitrogens with zero attached hydrogens (tertiary/aromatic N) is 2. The normalized spacial score (nSPS) is 12.1. The molecule has 12 heteroatoms. The van der Waals surface area contributed by atoms with E-state index in [4.69, 9.17) is 46.4 Å². The summed E-state index contributed by atoms with van der Waals surface area (Å²) in [4.78, 5) is 28.5. The molecule has 1 N–H and O–H groups in total. The van der Waals surface area contributed by atoms with Gasteiger partial charge < -0.3 is 10.2 Å². The Kier molecular flexibility index (Phi) is 11.5. The number of halogens is 4. The first-order valence-electron chi connectivity index (χ1n) is 12.5. The molecule has 0 saturated heterocycles. The molecule has 3 rings (SSSR count). The van der Waals surface area contributed by atoms with Crippen molar-refractivity contribution in [3.05, 3.63) is 92.4 Å². The van der Waals surface area contributed by atoms with Gasteiger partial charge in [-0.1, -0.05) is 84.5 Å². The summed E-state index contributed by atoms with van der Waals surface area (Å²) < 4.78 is 28.6. The lowest BCUT2D eigenvalue weighted by molar-refractivity contribution is -0.140. The molecule has 1 unspecified atom stereocenters. The monoisotopic (exact) mass is 643 g/mol. The minimum absolute atomic E-state index is 0.0176. The zero-order chi connectivity index (χ0) is 29.4. The van der Waals surface area contributed by atoms with Gasteiger partial charge in [0.15, 0.2) is 0 Å². The molecule has 214 valence electrons. The third-order valence-electron chi connectivity index (χ3n) is 6.06. The van der Waals surface area contributed by atoms with Gasteiger partial charge in [0.2, 0.25) is 11.8 Å². The molecule has 0 aromatic heterocycles. The number of rotatable bonds is 12. The molecule has 7 nitrogen and oxygen atoms in total. The van der Waals surface area contributed by atoms with Crippen molar-refractivity contribution in [2.45, 2.75) is 44.2 Å². The Morgan fingerprint density at radius 1 is 0.875 bits per heavy atom. The second-order valence-electron chi connectivity index (χ2n) is 8.91. The minimum Gasteiger partial charge on any atom is -0.354 e. The maximum absolute atomic E-state index is 14.0. The largest absolute Gasteiger partial charge is 0.354 e. The van der Waals surface area contributed by atoms with Crippen LogP contribution in [0.1, 0.15) is 32.3 Å². The maximum atomic E-state index is 14.0. The molecule has 0 saturated carbocycles. The van der Waals surface area contributed by atoms with E-state index in [1.54, 1.807) is 43.3 Å². The van der Waals surface area contributed by atoms with Crippen LogP contribution in [0.2, 0.25) is 20.1 Å². The number of nitrogens with one attached hydrogen (secondary N) is 1. The summed E-state index contributed by atoms with van der Waals surface area (Å²) >= 11 is 24.9. The van der Waals surface area contributed by atoms with Crippen LogP contribution in [0.4, 0.5) is 5.69 Å². The Morgan fingerprint density at radius 3 is 2.17 bits per heavy atom. The number of carbonyl (C=O) groups is 2. The van der Waals surface area contributed by atoms with Gasteiger partial charge in [0.1, 0.15) is 12.6 Å². The van der Waals surface area contributed by atoms with Gasteiger partial charge in [-0.2, -0.15) is 0 Å². The highest BCUT2D eigenvalue weighted by atomic mass is 35.5. The zero-order valence-corrected chi connectivity index (χ0v) is 25.8. The van der Waals surface area contributed by atoms with E-state index in [-0.39, 0.29) is 44.5 Å². The molecule has 1 atom stereocenters. The van der Waals surface area contributed by atoms with E-state index in [0.717, 1.165) is 4.31 Å². The lowest BCUT2D eigenvalue weighted by Crippen LogP contribution is -2.52. The van der Waals surface area contributed by atoms with Crippen LogP contribution in [0.15, 0.2) is 71.6 Å². The molecule has 0 aliphatic carbocycles. The predicted octanol–water partition coefficient (Wildman–Crippen LogP) is 6.83. The van der Waals surface area contributed by atoms with Gasteiger partial charge in [0.05, 0.1) is 25.7 Å². The molecular formula is C28H29Cl4N3O4S.